The van der Waals surface area contributed by atoms with E-state index in [1.54, 1.807) is 7.11 Å². The predicted molar refractivity (Wildman–Crippen MR) is 101 cm³/mol. The molecular formula is C19H33IO3. The Morgan fingerprint density at radius 2 is 1.70 bits per heavy atom. The molecule has 3 fully saturated rings. The van der Waals surface area contributed by atoms with E-state index in [2.05, 4.69) is 71.1 Å². The summed E-state index contributed by atoms with van der Waals surface area (Å²) in [6, 6.07) is 0. The molecule has 0 aromatic rings. The lowest BCUT2D eigenvalue weighted by Gasteiger charge is -2.57. The number of fused-ring (bicyclic) bond motifs is 2. The van der Waals surface area contributed by atoms with Crippen LogP contribution in [0.25, 0.3) is 0 Å². The lowest BCUT2D eigenvalue weighted by molar-refractivity contribution is -0.354. The molecule has 1 saturated heterocycles. The van der Waals surface area contributed by atoms with Gasteiger partial charge in [-0.25, -0.2) is 0 Å². The lowest BCUT2D eigenvalue weighted by Crippen LogP contribution is -2.63. The normalized spacial score (nSPS) is 45.8. The quantitative estimate of drug-likeness (QED) is 0.470. The van der Waals surface area contributed by atoms with E-state index >= 15 is 0 Å². The highest BCUT2D eigenvalue weighted by molar-refractivity contribution is 14.1. The van der Waals surface area contributed by atoms with Crippen LogP contribution < -0.4 is 0 Å². The second kappa shape index (κ2) is 5.31. The average molecular weight is 436 g/mol. The van der Waals surface area contributed by atoms with Crippen LogP contribution in [0.15, 0.2) is 0 Å². The minimum atomic E-state index is -0.520. The monoisotopic (exact) mass is 436 g/mol. The van der Waals surface area contributed by atoms with E-state index in [4.69, 9.17) is 14.2 Å². The molecule has 1 aliphatic heterocycles. The minimum Gasteiger partial charge on any atom is -0.378 e. The van der Waals surface area contributed by atoms with Crippen LogP contribution in [0.5, 0.6) is 0 Å². The summed E-state index contributed by atoms with van der Waals surface area (Å²) >= 11 is 2.54. The van der Waals surface area contributed by atoms with Crippen LogP contribution in [0.1, 0.15) is 61.3 Å². The number of hydrogen-bond donors (Lipinski definition) is 0. The summed E-state index contributed by atoms with van der Waals surface area (Å²) in [6.07, 6.45) is 2.80. The lowest BCUT2D eigenvalue weighted by atomic mass is 9.66. The summed E-state index contributed by atoms with van der Waals surface area (Å²) < 4.78 is 19.0. The maximum Gasteiger partial charge on any atom is 0.163 e. The first kappa shape index (κ1) is 18.4. The highest BCUT2D eigenvalue weighted by Gasteiger charge is 2.68. The summed E-state index contributed by atoms with van der Waals surface area (Å²) in [4.78, 5) is 0. The van der Waals surface area contributed by atoms with E-state index in [0.29, 0.717) is 5.41 Å². The molecule has 134 valence electrons. The van der Waals surface area contributed by atoms with Gasteiger partial charge in [-0.2, -0.15) is 0 Å². The Balaban J connectivity index is 1.94. The molecule has 0 amide bonds. The summed E-state index contributed by atoms with van der Waals surface area (Å²) in [5, 5.41) is 0. The van der Waals surface area contributed by atoms with Crippen molar-refractivity contribution in [3.8, 4) is 0 Å². The third-order valence-corrected chi connectivity index (χ3v) is 9.25. The van der Waals surface area contributed by atoms with Crippen LogP contribution >= 0.6 is 22.6 Å². The number of rotatable bonds is 3. The largest absolute Gasteiger partial charge is 0.378 e. The Bertz CT molecular complexity index is 487. The van der Waals surface area contributed by atoms with E-state index in [1.165, 1.54) is 12.8 Å². The Hall–Kier alpha value is 0.610. The molecule has 0 N–H and O–H groups in total. The first-order valence-electron chi connectivity index (χ1n) is 8.90. The van der Waals surface area contributed by atoms with Gasteiger partial charge in [-0.3, -0.25) is 0 Å². The zero-order chi connectivity index (χ0) is 17.4. The second-order valence-electron chi connectivity index (χ2n) is 9.73. The highest BCUT2D eigenvalue weighted by atomic mass is 127. The van der Waals surface area contributed by atoms with Gasteiger partial charge in [-0.15, -0.1) is 0 Å². The molecule has 6 atom stereocenters. The van der Waals surface area contributed by atoms with E-state index in [1.807, 2.05) is 0 Å². The fraction of sp³-hybridized carbons (Fsp3) is 1.00. The first-order chi connectivity index (χ1) is 10.3. The van der Waals surface area contributed by atoms with Crippen molar-refractivity contribution in [2.24, 2.45) is 22.7 Å². The molecule has 3 nitrogen and oxygen atoms in total. The maximum atomic E-state index is 6.52. The smallest absolute Gasteiger partial charge is 0.163 e. The zero-order valence-corrected chi connectivity index (χ0v) is 18.1. The van der Waals surface area contributed by atoms with E-state index in [9.17, 15) is 0 Å². The van der Waals surface area contributed by atoms with Crippen molar-refractivity contribution in [2.45, 2.75) is 88.8 Å². The number of methoxy groups -OCH3 is 1. The molecule has 4 heteroatoms. The first-order valence-corrected chi connectivity index (χ1v) is 10.1. The van der Waals surface area contributed by atoms with Gasteiger partial charge in [0.05, 0.1) is 21.7 Å². The molecule has 0 spiro atoms. The topological polar surface area (TPSA) is 27.7 Å². The molecule has 2 saturated carbocycles. The van der Waals surface area contributed by atoms with Gasteiger partial charge in [0.1, 0.15) is 0 Å². The molecule has 0 aromatic heterocycles. The number of halogens is 1. The van der Waals surface area contributed by atoms with Crippen molar-refractivity contribution in [3.63, 3.8) is 0 Å². The van der Waals surface area contributed by atoms with Crippen LogP contribution in [0.4, 0.5) is 0 Å². The van der Waals surface area contributed by atoms with E-state index < -0.39 is 5.79 Å². The molecule has 0 radical (unpaired) electrons. The van der Waals surface area contributed by atoms with Gasteiger partial charge in [0.15, 0.2) is 5.79 Å². The van der Waals surface area contributed by atoms with Gasteiger partial charge in [0.25, 0.3) is 0 Å². The molecule has 0 unspecified atom stereocenters. The predicted octanol–water partition coefficient (Wildman–Crippen LogP) is 4.81. The van der Waals surface area contributed by atoms with Gasteiger partial charge >= 0.3 is 0 Å². The number of ether oxygens (including phenoxy) is 3. The van der Waals surface area contributed by atoms with Gasteiger partial charge in [0.2, 0.25) is 0 Å². The fourth-order valence-corrected chi connectivity index (χ4v) is 6.22. The van der Waals surface area contributed by atoms with Gasteiger partial charge < -0.3 is 14.2 Å². The van der Waals surface area contributed by atoms with Crippen molar-refractivity contribution in [1.29, 1.82) is 0 Å². The fourth-order valence-electron chi connectivity index (χ4n) is 5.00. The molecular weight excluding hydrogens is 403 g/mol. The molecule has 0 bridgehead atoms. The Morgan fingerprint density at radius 3 is 2.26 bits per heavy atom. The summed E-state index contributed by atoms with van der Waals surface area (Å²) in [6.45, 7) is 15.7. The standard InChI is InChI=1S/C19H33IO3/c1-16(2)11-9-13-19(7,10-12(11)16)15(23-18(5,6)22-13)14(20)17(3,4)21-8/h11-15H,9-10H2,1-8H3/t11-,12+,13-,14-,15-,19+/m1/s1. The Kier molecular flexibility index (Phi) is 4.25. The summed E-state index contributed by atoms with van der Waals surface area (Å²) in [7, 11) is 1.80. The molecule has 0 aromatic carbocycles. The third-order valence-electron chi connectivity index (χ3n) is 7.09. The molecule has 23 heavy (non-hydrogen) atoms. The van der Waals surface area contributed by atoms with Gasteiger partial charge in [-0.1, -0.05) is 43.4 Å². The van der Waals surface area contributed by atoms with Crippen LogP contribution in [0.3, 0.4) is 0 Å². The number of hydrogen-bond acceptors (Lipinski definition) is 3. The second-order valence-corrected chi connectivity index (χ2v) is 11.1. The Morgan fingerprint density at radius 1 is 1.09 bits per heavy atom. The minimum absolute atomic E-state index is 0.0616. The van der Waals surface area contributed by atoms with Gasteiger partial charge in [-0.05, 0) is 57.8 Å². The molecule has 2 aliphatic carbocycles. The highest BCUT2D eigenvalue weighted by Crippen LogP contribution is 2.70. The Labute approximate surface area is 155 Å². The van der Waals surface area contributed by atoms with Crippen molar-refractivity contribution < 1.29 is 14.2 Å². The number of alkyl halides is 1. The van der Waals surface area contributed by atoms with Crippen LogP contribution in [-0.4, -0.2) is 34.6 Å². The maximum absolute atomic E-state index is 6.52. The third kappa shape index (κ3) is 2.80. The van der Waals surface area contributed by atoms with Crippen molar-refractivity contribution in [2.75, 3.05) is 7.11 Å². The van der Waals surface area contributed by atoms with E-state index in [-0.39, 0.29) is 27.1 Å². The van der Waals surface area contributed by atoms with Crippen molar-refractivity contribution >= 4 is 22.6 Å². The van der Waals surface area contributed by atoms with Crippen molar-refractivity contribution in [1.82, 2.24) is 0 Å². The summed E-state index contributed by atoms with van der Waals surface area (Å²) in [5.74, 6) is 1.11. The van der Waals surface area contributed by atoms with Crippen LogP contribution in [-0.2, 0) is 14.2 Å². The van der Waals surface area contributed by atoms with Crippen LogP contribution in [0.2, 0.25) is 0 Å². The SMILES string of the molecule is COC(C)(C)[C@H](I)[C@H]1OC(C)(C)O[C@@H]2C[C@@H]3[C@H](C[C@]12C)C3(C)C. The van der Waals surface area contributed by atoms with Gasteiger partial charge in [0, 0.05) is 12.5 Å². The summed E-state index contributed by atoms with van der Waals surface area (Å²) in [5.41, 5.74) is 0.310. The van der Waals surface area contributed by atoms with Crippen molar-refractivity contribution in [3.05, 3.63) is 0 Å². The zero-order valence-electron chi connectivity index (χ0n) is 15.9. The molecule has 3 rings (SSSR count). The van der Waals surface area contributed by atoms with Crippen LogP contribution in [0, 0.1) is 22.7 Å². The van der Waals surface area contributed by atoms with E-state index in [0.717, 1.165) is 11.8 Å². The average Bonchev–Trinajstić information content (AvgIpc) is 2.95. The molecule has 3 aliphatic rings. The molecule has 1 heterocycles.